The molecule has 1 fully saturated rings. The Bertz CT molecular complexity index is 418. The number of aromatic nitrogens is 3. The fourth-order valence-electron chi connectivity index (χ4n) is 1.45. The van der Waals surface area contributed by atoms with Crippen molar-refractivity contribution in [1.82, 2.24) is 15.0 Å². The molecule has 1 aromatic rings. The standard InChI is InChI=1S/C10H13N3O2/c1-6-10(11-12-13(6)2)9(15)5-8(14)7-3-4-7/h7H,3-5H2,1-2H3. The number of carbonyl (C=O) groups is 2. The smallest absolute Gasteiger partial charge is 0.192 e. The lowest BCUT2D eigenvalue weighted by atomic mass is 10.1. The fourth-order valence-corrected chi connectivity index (χ4v) is 1.45. The maximum atomic E-state index is 11.7. The molecular formula is C10H13N3O2. The van der Waals surface area contributed by atoms with Crippen LogP contribution in [0.15, 0.2) is 0 Å². The van der Waals surface area contributed by atoms with Crippen molar-refractivity contribution in [2.45, 2.75) is 26.2 Å². The van der Waals surface area contributed by atoms with Crippen LogP contribution in [0.2, 0.25) is 0 Å². The second-order valence-corrected chi connectivity index (χ2v) is 3.99. The average Bonchev–Trinajstić information content (AvgIpc) is 2.96. The van der Waals surface area contributed by atoms with Crippen LogP contribution >= 0.6 is 0 Å². The molecule has 5 nitrogen and oxygen atoms in total. The third kappa shape index (κ3) is 1.95. The minimum absolute atomic E-state index is 0.0236. The summed E-state index contributed by atoms with van der Waals surface area (Å²) >= 11 is 0. The monoisotopic (exact) mass is 207 g/mol. The zero-order valence-corrected chi connectivity index (χ0v) is 8.86. The van der Waals surface area contributed by atoms with E-state index in [-0.39, 0.29) is 23.9 Å². The van der Waals surface area contributed by atoms with Crippen molar-refractivity contribution >= 4 is 11.6 Å². The van der Waals surface area contributed by atoms with Crippen molar-refractivity contribution < 1.29 is 9.59 Å². The summed E-state index contributed by atoms with van der Waals surface area (Å²) < 4.78 is 1.54. The number of nitrogens with zero attached hydrogens (tertiary/aromatic N) is 3. The van der Waals surface area contributed by atoms with E-state index in [1.165, 1.54) is 4.68 Å². The number of hydrogen-bond acceptors (Lipinski definition) is 4. The maximum absolute atomic E-state index is 11.7. The van der Waals surface area contributed by atoms with Gasteiger partial charge in [0.25, 0.3) is 0 Å². The molecule has 0 N–H and O–H groups in total. The van der Waals surface area contributed by atoms with E-state index in [9.17, 15) is 9.59 Å². The fraction of sp³-hybridized carbons (Fsp3) is 0.600. The lowest BCUT2D eigenvalue weighted by Crippen LogP contribution is -2.11. The molecule has 0 aromatic carbocycles. The van der Waals surface area contributed by atoms with Crippen LogP contribution in [0.5, 0.6) is 0 Å². The molecule has 0 saturated heterocycles. The second kappa shape index (κ2) is 3.56. The van der Waals surface area contributed by atoms with Crippen molar-refractivity contribution in [2.24, 2.45) is 13.0 Å². The summed E-state index contributed by atoms with van der Waals surface area (Å²) in [5.41, 5.74) is 1.04. The molecule has 1 aromatic heterocycles. The molecule has 1 heterocycles. The van der Waals surface area contributed by atoms with Crippen LogP contribution in [-0.4, -0.2) is 26.6 Å². The minimum atomic E-state index is -0.211. The topological polar surface area (TPSA) is 64.8 Å². The van der Waals surface area contributed by atoms with Gasteiger partial charge in [-0.15, -0.1) is 5.10 Å². The van der Waals surface area contributed by atoms with Gasteiger partial charge in [-0.2, -0.15) is 0 Å². The molecule has 2 rings (SSSR count). The van der Waals surface area contributed by atoms with Gasteiger partial charge in [0.2, 0.25) is 0 Å². The molecule has 0 bridgehead atoms. The molecule has 80 valence electrons. The van der Waals surface area contributed by atoms with Crippen molar-refractivity contribution in [1.29, 1.82) is 0 Å². The van der Waals surface area contributed by atoms with Crippen LogP contribution in [0.4, 0.5) is 0 Å². The molecule has 0 atom stereocenters. The minimum Gasteiger partial charge on any atom is -0.299 e. The Morgan fingerprint density at radius 2 is 2.13 bits per heavy atom. The Morgan fingerprint density at radius 3 is 2.60 bits per heavy atom. The first kappa shape index (κ1) is 10.0. The van der Waals surface area contributed by atoms with Gasteiger partial charge in [0.15, 0.2) is 11.5 Å². The van der Waals surface area contributed by atoms with Crippen LogP contribution in [0, 0.1) is 12.8 Å². The molecule has 0 unspecified atom stereocenters. The predicted molar refractivity (Wildman–Crippen MR) is 52.4 cm³/mol. The number of rotatable bonds is 4. The summed E-state index contributed by atoms with van der Waals surface area (Å²) in [5.74, 6) is -0.0338. The Hall–Kier alpha value is -1.52. The summed E-state index contributed by atoms with van der Waals surface area (Å²) in [6, 6.07) is 0. The van der Waals surface area contributed by atoms with E-state index in [0.29, 0.717) is 11.4 Å². The molecule has 0 amide bonds. The molecule has 5 heteroatoms. The molecule has 15 heavy (non-hydrogen) atoms. The normalized spacial score (nSPS) is 15.3. The Labute approximate surface area is 87.5 Å². The molecule has 1 aliphatic rings. The van der Waals surface area contributed by atoms with Gasteiger partial charge in [0.05, 0.1) is 12.1 Å². The van der Waals surface area contributed by atoms with Crippen molar-refractivity contribution in [3.8, 4) is 0 Å². The highest BCUT2D eigenvalue weighted by molar-refractivity contribution is 6.08. The number of hydrogen-bond donors (Lipinski definition) is 0. The predicted octanol–water partition coefficient (Wildman–Crippen LogP) is 0.675. The van der Waals surface area contributed by atoms with E-state index < -0.39 is 0 Å². The molecule has 1 aliphatic carbocycles. The van der Waals surface area contributed by atoms with Crippen LogP contribution in [0.25, 0.3) is 0 Å². The van der Waals surface area contributed by atoms with Gasteiger partial charge >= 0.3 is 0 Å². The van der Waals surface area contributed by atoms with Gasteiger partial charge in [-0.05, 0) is 19.8 Å². The van der Waals surface area contributed by atoms with Gasteiger partial charge in [-0.1, -0.05) is 5.21 Å². The Balaban J connectivity index is 2.07. The second-order valence-electron chi connectivity index (χ2n) is 3.99. The van der Waals surface area contributed by atoms with Gasteiger partial charge in [-0.25, -0.2) is 0 Å². The van der Waals surface area contributed by atoms with E-state index in [2.05, 4.69) is 10.3 Å². The molecule has 0 radical (unpaired) electrons. The highest BCUT2D eigenvalue weighted by Crippen LogP contribution is 2.31. The highest BCUT2D eigenvalue weighted by atomic mass is 16.1. The zero-order valence-electron chi connectivity index (χ0n) is 8.86. The quantitative estimate of drug-likeness (QED) is 0.538. The largest absolute Gasteiger partial charge is 0.299 e. The lowest BCUT2D eigenvalue weighted by Gasteiger charge is -1.97. The SMILES string of the molecule is Cc1c(C(=O)CC(=O)C2CC2)nnn1C. The summed E-state index contributed by atoms with van der Waals surface area (Å²) in [5, 5.41) is 7.50. The van der Waals surface area contributed by atoms with E-state index >= 15 is 0 Å². The first-order chi connectivity index (χ1) is 7.09. The third-order valence-corrected chi connectivity index (χ3v) is 2.74. The lowest BCUT2D eigenvalue weighted by molar-refractivity contribution is -0.119. The van der Waals surface area contributed by atoms with Gasteiger partial charge in [-0.3, -0.25) is 14.3 Å². The first-order valence-electron chi connectivity index (χ1n) is 5.01. The first-order valence-corrected chi connectivity index (χ1v) is 5.01. The van der Waals surface area contributed by atoms with Crippen molar-refractivity contribution in [3.05, 3.63) is 11.4 Å². The summed E-state index contributed by atoms with van der Waals surface area (Å²) in [6.45, 7) is 1.77. The maximum Gasteiger partial charge on any atom is 0.192 e. The number of ketones is 2. The Kier molecular flexibility index (Phi) is 2.38. The van der Waals surface area contributed by atoms with E-state index in [0.717, 1.165) is 12.8 Å². The van der Waals surface area contributed by atoms with Gasteiger partial charge < -0.3 is 0 Å². The number of Topliss-reactive ketones (excluding diaryl/α,β-unsaturated/α-hetero) is 2. The van der Waals surface area contributed by atoms with Gasteiger partial charge in [0, 0.05) is 13.0 Å². The average molecular weight is 207 g/mol. The molecular weight excluding hydrogens is 194 g/mol. The van der Waals surface area contributed by atoms with E-state index in [1.54, 1.807) is 14.0 Å². The number of aryl methyl sites for hydroxylation is 1. The summed E-state index contributed by atoms with van der Waals surface area (Å²) in [4.78, 5) is 23.1. The van der Waals surface area contributed by atoms with Crippen LogP contribution < -0.4 is 0 Å². The van der Waals surface area contributed by atoms with Crippen molar-refractivity contribution in [2.75, 3.05) is 0 Å². The van der Waals surface area contributed by atoms with E-state index in [4.69, 9.17) is 0 Å². The summed E-state index contributed by atoms with van der Waals surface area (Å²) in [6.07, 6.45) is 1.85. The Morgan fingerprint density at radius 1 is 1.47 bits per heavy atom. The molecule has 1 saturated carbocycles. The van der Waals surface area contributed by atoms with Crippen molar-refractivity contribution in [3.63, 3.8) is 0 Å². The molecule has 0 spiro atoms. The highest BCUT2D eigenvalue weighted by Gasteiger charge is 2.31. The van der Waals surface area contributed by atoms with Crippen LogP contribution in [0.1, 0.15) is 35.4 Å². The number of carbonyl (C=O) groups excluding carboxylic acids is 2. The van der Waals surface area contributed by atoms with Gasteiger partial charge in [0.1, 0.15) is 5.78 Å². The van der Waals surface area contributed by atoms with Crippen LogP contribution in [0.3, 0.4) is 0 Å². The third-order valence-electron chi connectivity index (χ3n) is 2.74. The molecule has 0 aliphatic heterocycles. The zero-order chi connectivity index (χ0) is 11.0. The summed E-state index contributed by atoms with van der Waals surface area (Å²) in [7, 11) is 1.72. The van der Waals surface area contributed by atoms with E-state index in [1.807, 2.05) is 0 Å². The van der Waals surface area contributed by atoms with Crippen LogP contribution in [-0.2, 0) is 11.8 Å².